The molecule has 7 heteroatoms. The van der Waals surface area contributed by atoms with Crippen LogP contribution < -0.4 is 10.6 Å². The van der Waals surface area contributed by atoms with Gasteiger partial charge in [0.05, 0.1) is 5.75 Å². The molecule has 2 N–H and O–H groups in total. The molecule has 0 aliphatic heterocycles. The Morgan fingerprint density at radius 3 is 2.42 bits per heavy atom. The smallest absolute Gasteiger partial charge is 0.230 e. The van der Waals surface area contributed by atoms with Gasteiger partial charge < -0.3 is 10.6 Å². The maximum absolute atomic E-state index is 12.5. The van der Waals surface area contributed by atoms with Crippen LogP contribution in [0.25, 0.3) is 0 Å². The van der Waals surface area contributed by atoms with E-state index >= 15 is 0 Å². The van der Waals surface area contributed by atoms with Crippen LogP contribution in [0.1, 0.15) is 51.4 Å². The third-order valence-electron chi connectivity index (χ3n) is 6.08. The van der Waals surface area contributed by atoms with Crippen LogP contribution in [-0.4, -0.2) is 33.4 Å². The summed E-state index contributed by atoms with van der Waals surface area (Å²) in [5.74, 6) is 3.23. The Kier molecular flexibility index (Phi) is 3.77. The molecule has 5 aliphatic rings. The van der Waals surface area contributed by atoms with E-state index < -0.39 is 0 Å². The Hall–Kier alpha value is -0.820. The first-order chi connectivity index (χ1) is 11.7. The fraction of sp³-hybridized carbons (Fsp3) is 0.824. The second kappa shape index (κ2) is 5.87. The number of carbonyl (C=O) groups excluding carboxylic acids is 1. The van der Waals surface area contributed by atoms with Crippen molar-refractivity contribution in [2.75, 3.05) is 11.1 Å². The highest BCUT2D eigenvalue weighted by molar-refractivity contribution is 8.01. The summed E-state index contributed by atoms with van der Waals surface area (Å²) in [6, 6.07) is 0.593. The second-order valence-corrected chi connectivity index (χ2v) is 10.5. The number of nitrogens with one attached hydrogen (secondary N) is 2. The van der Waals surface area contributed by atoms with Crippen LogP contribution in [0, 0.1) is 17.8 Å². The number of rotatable bonds is 6. The summed E-state index contributed by atoms with van der Waals surface area (Å²) in [7, 11) is 0. The van der Waals surface area contributed by atoms with E-state index in [1.54, 1.807) is 11.3 Å². The van der Waals surface area contributed by atoms with Gasteiger partial charge in [-0.25, -0.2) is 0 Å². The Labute approximate surface area is 150 Å². The lowest BCUT2D eigenvalue weighted by atomic mass is 9.53. The molecule has 0 aromatic carbocycles. The summed E-state index contributed by atoms with van der Waals surface area (Å²) in [6.45, 7) is 0. The van der Waals surface area contributed by atoms with Gasteiger partial charge in [0.25, 0.3) is 0 Å². The topological polar surface area (TPSA) is 66.9 Å². The molecule has 5 aliphatic carbocycles. The molecule has 24 heavy (non-hydrogen) atoms. The molecule has 6 rings (SSSR count). The first-order valence-corrected chi connectivity index (χ1v) is 11.0. The maximum atomic E-state index is 12.5. The zero-order valence-corrected chi connectivity index (χ0v) is 15.4. The predicted molar refractivity (Wildman–Crippen MR) is 96.3 cm³/mol. The van der Waals surface area contributed by atoms with E-state index in [2.05, 4.69) is 20.8 Å². The average molecular weight is 365 g/mol. The fourth-order valence-corrected chi connectivity index (χ4v) is 7.08. The average Bonchev–Trinajstić information content (AvgIpc) is 3.20. The number of hydrogen-bond donors (Lipinski definition) is 2. The number of nitrogens with zero attached hydrogens (tertiary/aromatic N) is 2. The van der Waals surface area contributed by atoms with Crippen molar-refractivity contribution in [1.82, 2.24) is 15.5 Å². The van der Waals surface area contributed by atoms with Crippen LogP contribution in [-0.2, 0) is 4.79 Å². The highest BCUT2D eigenvalue weighted by Gasteiger charge is 2.51. The van der Waals surface area contributed by atoms with Crippen molar-refractivity contribution >= 4 is 34.1 Å². The van der Waals surface area contributed by atoms with Gasteiger partial charge in [0.1, 0.15) is 0 Å². The lowest BCUT2D eigenvalue weighted by Crippen LogP contribution is -2.60. The second-order valence-electron chi connectivity index (χ2n) is 8.33. The van der Waals surface area contributed by atoms with Gasteiger partial charge in [-0.3, -0.25) is 4.79 Å². The molecule has 0 saturated heterocycles. The van der Waals surface area contributed by atoms with E-state index in [0.29, 0.717) is 11.8 Å². The molecule has 5 saturated carbocycles. The van der Waals surface area contributed by atoms with Crippen LogP contribution in [0.2, 0.25) is 0 Å². The lowest BCUT2D eigenvalue weighted by Gasteiger charge is -2.56. The largest absolute Gasteiger partial charge is 0.357 e. The molecule has 1 heterocycles. The normalized spacial score (nSPS) is 36.8. The zero-order valence-electron chi connectivity index (χ0n) is 13.8. The molecule has 0 atom stereocenters. The van der Waals surface area contributed by atoms with Crippen molar-refractivity contribution < 1.29 is 4.79 Å². The molecular formula is C17H24N4OS2. The van der Waals surface area contributed by atoms with Crippen LogP contribution in [0.3, 0.4) is 0 Å². The van der Waals surface area contributed by atoms with Gasteiger partial charge in [-0.15, -0.1) is 10.2 Å². The molecule has 0 spiro atoms. The summed E-state index contributed by atoms with van der Waals surface area (Å²) in [4.78, 5) is 12.5. The number of anilines is 1. The highest BCUT2D eigenvalue weighted by atomic mass is 32.2. The van der Waals surface area contributed by atoms with Crippen molar-refractivity contribution in [3.05, 3.63) is 0 Å². The fourth-order valence-electron chi connectivity index (χ4n) is 5.45. The lowest BCUT2D eigenvalue weighted by molar-refractivity contribution is -0.124. The van der Waals surface area contributed by atoms with Crippen molar-refractivity contribution in [1.29, 1.82) is 0 Å². The van der Waals surface area contributed by atoms with Gasteiger partial charge in [-0.2, -0.15) is 0 Å². The van der Waals surface area contributed by atoms with Gasteiger partial charge in [0.2, 0.25) is 11.0 Å². The number of thioether (sulfide) groups is 1. The minimum absolute atomic E-state index is 0.117. The first-order valence-electron chi connectivity index (χ1n) is 9.20. The SMILES string of the molecule is O=C(CSc1nnc(NC2CC2)s1)NC12CC3CC(CC(C3)C1)C2. The first kappa shape index (κ1) is 15.4. The van der Waals surface area contributed by atoms with Gasteiger partial charge in [-0.05, 0) is 69.1 Å². The van der Waals surface area contributed by atoms with Crippen LogP contribution >= 0.6 is 23.1 Å². The van der Waals surface area contributed by atoms with Crippen molar-refractivity contribution in [3.63, 3.8) is 0 Å². The molecule has 0 unspecified atom stereocenters. The van der Waals surface area contributed by atoms with Crippen molar-refractivity contribution in [2.45, 2.75) is 67.3 Å². The Bertz CT molecular complexity index is 607. The summed E-state index contributed by atoms with van der Waals surface area (Å²) < 4.78 is 0.888. The highest BCUT2D eigenvalue weighted by Crippen LogP contribution is 2.55. The minimum atomic E-state index is 0.117. The molecule has 5 fully saturated rings. The summed E-state index contributed by atoms with van der Waals surface area (Å²) in [6.07, 6.45) is 10.3. The minimum Gasteiger partial charge on any atom is -0.357 e. The van der Waals surface area contributed by atoms with Crippen molar-refractivity contribution in [2.24, 2.45) is 17.8 Å². The maximum Gasteiger partial charge on any atom is 0.230 e. The van der Waals surface area contributed by atoms with E-state index in [0.717, 1.165) is 27.2 Å². The molecule has 130 valence electrons. The third-order valence-corrected chi connectivity index (χ3v) is 8.07. The van der Waals surface area contributed by atoms with E-state index in [9.17, 15) is 4.79 Å². The van der Waals surface area contributed by atoms with Crippen LogP contribution in [0.15, 0.2) is 4.34 Å². The van der Waals surface area contributed by atoms with Crippen molar-refractivity contribution in [3.8, 4) is 0 Å². The van der Waals surface area contributed by atoms with E-state index in [4.69, 9.17) is 0 Å². The molecule has 5 nitrogen and oxygen atoms in total. The van der Waals surface area contributed by atoms with E-state index in [-0.39, 0.29) is 11.4 Å². The van der Waals surface area contributed by atoms with E-state index in [1.807, 2.05) is 0 Å². The molecule has 1 aromatic heterocycles. The molecule has 0 radical (unpaired) electrons. The number of aromatic nitrogens is 2. The predicted octanol–water partition coefficient (Wildman–Crippen LogP) is 3.29. The van der Waals surface area contributed by atoms with Crippen LogP contribution in [0.5, 0.6) is 0 Å². The molecule has 1 aromatic rings. The molecular weight excluding hydrogens is 340 g/mol. The molecule has 1 amide bonds. The van der Waals surface area contributed by atoms with E-state index in [1.165, 1.54) is 63.1 Å². The Morgan fingerprint density at radius 1 is 1.12 bits per heavy atom. The van der Waals surface area contributed by atoms with Crippen LogP contribution in [0.4, 0.5) is 5.13 Å². The number of hydrogen-bond acceptors (Lipinski definition) is 6. The summed E-state index contributed by atoms with van der Waals surface area (Å²) >= 11 is 3.08. The van der Waals surface area contributed by atoms with Gasteiger partial charge in [-0.1, -0.05) is 23.1 Å². The standard InChI is InChI=1S/C17H24N4OS2/c22-14(9-23-16-21-20-15(24-16)18-13-1-2-13)19-17-6-10-3-11(7-17)5-12(4-10)8-17/h10-13H,1-9H2,(H,18,20)(H,19,22). The van der Waals surface area contributed by atoms with Gasteiger partial charge in [0, 0.05) is 11.6 Å². The molecule has 4 bridgehead atoms. The Balaban J connectivity index is 1.15. The third kappa shape index (κ3) is 3.17. The number of carbonyl (C=O) groups is 1. The Morgan fingerprint density at radius 2 is 1.79 bits per heavy atom. The zero-order chi connectivity index (χ0) is 16.1. The number of amides is 1. The van der Waals surface area contributed by atoms with Gasteiger partial charge in [0.15, 0.2) is 4.34 Å². The quantitative estimate of drug-likeness (QED) is 0.758. The summed E-state index contributed by atoms with van der Waals surface area (Å²) in [5, 5.41) is 16.0. The van der Waals surface area contributed by atoms with Gasteiger partial charge >= 0.3 is 0 Å². The monoisotopic (exact) mass is 364 g/mol. The summed E-state index contributed by atoms with van der Waals surface area (Å²) in [5.41, 5.74) is 0.117.